The van der Waals surface area contributed by atoms with E-state index in [0.29, 0.717) is 0 Å². The standard InChI is InChI=1S/C7H14O3S/c1-5-7(3,4)10-11(8,9)6-2/h5H,1,6H2,2-4H3. The van der Waals surface area contributed by atoms with E-state index in [2.05, 4.69) is 6.58 Å². The maximum absolute atomic E-state index is 10.9. The molecule has 0 aromatic rings. The van der Waals surface area contributed by atoms with Gasteiger partial charge in [-0.25, -0.2) is 0 Å². The highest BCUT2D eigenvalue weighted by molar-refractivity contribution is 7.86. The van der Waals surface area contributed by atoms with Crippen LogP contribution in [0.4, 0.5) is 0 Å². The Morgan fingerprint density at radius 3 is 2.27 bits per heavy atom. The van der Waals surface area contributed by atoms with Gasteiger partial charge in [-0.2, -0.15) is 8.42 Å². The van der Waals surface area contributed by atoms with Gasteiger partial charge >= 0.3 is 0 Å². The second kappa shape index (κ2) is 3.36. The summed E-state index contributed by atoms with van der Waals surface area (Å²) in [4.78, 5) is 0. The number of hydrogen-bond donors (Lipinski definition) is 0. The fourth-order valence-corrected chi connectivity index (χ4v) is 1.26. The SMILES string of the molecule is C=CC(C)(C)OS(=O)(=O)CC. The second-order valence-corrected chi connectivity index (χ2v) is 4.60. The molecule has 0 rings (SSSR count). The van der Waals surface area contributed by atoms with Gasteiger partial charge in [-0.1, -0.05) is 6.08 Å². The van der Waals surface area contributed by atoms with E-state index in [1.807, 2.05) is 0 Å². The van der Waals surface area contributed by atoms with Crippen molar-refractivity contribution in [1.82, 2.24) is 0 Å². The Kier molecular flexibility index (Phi) is 3.26. The normalized spacial score (nSPS) is 13.0. The van der Waals surface area contributed by atoms with Crippen molar-refractivity contribution < 1.29 is 12.6 Å². The van der Waals surface area contributed by atoms with Gasteiger partial charge in [0.05, 0.1) is 11.4 Å². The molecule has 66 valence electrons. The average Bonchev–Trinajstić information content (AvgIpc) is 1.86. The van der Waals surface area contributed by atoms with Gasteiger partial charge in [-0.05, 0) is 20.8 Å². The zero-order valence-corrected chi connectivity index (χ0v) is 7.94. The summed E-state index contributed by atoms with van der Waals surface area (Å²) in [6.07, 6.45) is 1.46. The van der Waals surface area contributed by atoms with Gasteiger partial charge in [0.25, 0.3) is 10.1 Å². The molecule has 0 fully saturated rings. The molecule has 0 aliphatic rings. The smallest absolute Gasteiger partial charge is 0.260 e. The van der Waals surface area contributed by atoms with Crippen molar-refractivity contribution in [2.24, 2.45) is 0 Å². The van der Waals surface area contributed by atoms with Gasteiger partial charge in [0.15, 0.2) is 0 Å². The molecule has 11 heavy (non-hydrogen) atoms. The van der Waals surface area contributed by atoms with Crippen molar-refractivity contribution in [3.63, 3.8) is 0 Å². The van der Waals surface area contributed by atoms with Gasteiger partial charge in [0.1, 0.15) is 0 Å². The lowest BCUT2D eigenvalue weighted by Crippen LogP contribution is -2.26. The third-order valence-corrected chi connectivity index (χ3v) is 2.58. The third kappa shape index (κ3) is 4.16. The first-order valence-electron chi connectivity index (χ1n) is 3.40. The first-order valence-corrected chi connectivity index (χ1v) is 4.97. The van der Waals surface area contributed by atoms with E-state index < -0.39 is 15.7 Å². The molecular formula is C7H14O3S. The van der Waals surface area contributed by atoms with E-state index in [1.54, 1.807) is 13.8 Å². The summed E-state index contributed by atoms with van der Waals surface area (Å²) in [5.74, 6) is -0.00965. The Morgan fingerprint density at radius 1 is 1.55 bits per heavy atom. The highest BCUT2D eigenvalue weighted by Gasteiger charge is 2.21. The fraction of sp³-hybridized carbons (Fsp3) is 0.714. The van der Waals surface area contributed by atoms with Crippen LogP contribution in [0, 0.1) is 0 Å². The average molecular weight is 178 g/mol. The van der Waals surface area contributed by atoms with Crippen LogP contribution < -0.4 is 0 Å². The predicted molar refractivity (Wildman–Crippen MR) is 44.8 cm³/mol. The number of hydrogen-bond acceptors (Lipinski definition) is 3. The molecule has 0 bridgehead atoms. The first kappa shape index (κ1) is 10.7. The lowest BCUT2D eigenvalue weighted by atomic mass is 10.1. The quantitative estimate of drug-likeness (QED) is 0.481. The van der Waals surface area contributed by atoms with E-state index in [1.165, 1.54) is 13.0 Å². The molecule has 0 atom stereocenters. The molecule has 4 heteroatoms. The van der Waals surface area contributed by atoms with Crippen LogP contribution >= 0.6 is 0 Å². The Labute approximate surface area is 68.2 Å². The molecule has 0 aliphatic carbocycles. The molecule has 0 spiro atoms. The molecule has 0 heterocycles. The molecule has 0 N–H and O–H groups in total. The van der Waals surface area contributed by atoms with Crippen molar-refractivity contribution in [2.45, 2.75) is 26.4 Å². The summed E-state index contributed by atoms with van der Waals surface area (Å²) in [7, 11) is -3.36. The van der Waals surface area contributed by atoms with Crippen molar-refractivity contribution in [3.05, 3.63) is 12.7 Å². The predicted octanol–water partition coefficient (Wildman–Crippen LogP) is 1.32. The van der Waals surface area contributed by atoms with E-state index in [4.69, 9.17) is 4.18 Å². The molecule has 0 aliphatic heterocycles. The highest BCUT2D eigenvalue weighted by Crippen LogP contribution is 2.13. The van der Waals surface area contributed by atoms with E-state index in [9.17, 15) is 8.42 Å². The van der Waals surface area contributed by atoms with Crippen molar-refractivity contribution >= 4 is 10.1 Å². The molecule has 0 unspecified atom stereocenters. The van der Waals surface area contributed by atoms with Crippen LogP contribution in [-0.2, 0) is 14.3 Å². The fourth-order valence-electron chi connectivity index (χ4n) is 0.420. The van der Waals surface area contributed by atoms with Crippen LogP contribution in [-0.4, -0.2) is 19.8 Å². The van der Waals surface area contributed by atoms with Crippen LogP contribution in [0.2, 0.25) is 0 Å². The van der Waals surface area contributed by atoms with E-state index >= 15 is 0 Å². The van der Waals surface area contributed by atoms with Crippen molar-refractivity contribution in [2.75, 3.05) is 5.75 Å². The monoisotopic (exact) mass is 178 g/mol. The summed E-state index contributed by atoms with van der Waals surface area (Å²) in [6, 6.07) is 0. The Balaban J connectivity index is 4.38. The third-order valence-electron chi connectivity index (χ3n) is 1.19. The van der Waals surface area contributed by atoms with Gasteiger partial charge in [-0.15, -0.1) is 6.58 Å². The zero-order valence-electron chi connectivity index (χ0n) is 7.12. The van der Waals surface area contributed by atoms with Crippen molar-refractivity contribution in [3.8, 4) is 0 Å². The number of rotatable bonds is 4. The van der Waals surface area contributed by atoms with Gasteiger partial charge in [0.2, 0.25) is 0 Å². The van der Waals surface area contributed by atoms with Crippen LogP contribution in [0.5, 0.6) is 0 Å². The topological polar surface area (TPSA) is 43.4 Å². The van der Waals surface area contributed by atoms with Crippen LogP contribution in [0.1, 0.15) is 20.8 Å². The minimum Gasteiger partial charge on any atom is -0.260 e. The first-order chi connectivity index (χ1) is 4.83. The molecule has 0 saturated heterocycles. The van der Waals surface area contributed by atoms with E-state index in [-0.39, 0.29) is 5.75 Å². The second-order valence-electron chi connectivity index (χ2n) is 2.74. The Hall–Kier alpha value is -0.350. The summed E-state index contributed by atoms with van der Waals surface area (Å²) in [5, 5.41) is 0. The maximum atomic E-state index is 10.9. The highest BCUT2D eigenvalue weighted by atomic mass is 32.2. The van der Waals surface area contributed by atoms with Gasteiger partial charge in [-0.3, -0.25) is 4.18 Å². The summed E-state index contributed by atoms with van der Waals surface area (Å²) >= 11 is 0. The Morgan fingerprint density at radius 2 is 2.00 bits per heavy atom. The largest absolute Gasteiger partial charge is 0.267 e. The van der Waals surface area contributed by atoms with Gasteiger partial charge in [0, 0.05) is 0 Å². The zero-order chi connectivity index (χ0) is 9.12. The van der Waals surface area contributed by atoms with Gasteiger partial charge < -0.3 is 0 Å². The lowest BCUT2D eigenvalue weighted by Gasteiger charge is -2.18. The molecule has 3 nitrogen and oxygen atoms in total. The van der Waals surface area contributed by atoms with Crippen LogP contribution in [0.15, 0.2) is 12.7 Å². The van der Waals surface area contributed by atoms with Crippen molar-refractivity contribution in [1.29, 1.82) is 0 Å². The lowest BCUT2D eigenvalue weighted by molar-refractivity contribution is 0.171. The van der Waals surface area contributed by atoms with Crippen LogP contribution in [0.3, 0.4) is 0 Å². The summed E-state index contributed by atoms with van der Waals surface area (Å²) < 4.78 is 26.6. The summed E-state index contributed by atoms with van der Waals surface area (Å²) in [5.41, 5.74) is -0.797. The minimum atomic E-state index is -3.36. The molecule has 0 aromatic carbocycles. The van der Waals surface area contributed by atoms with Crippen LogP contribution in [0.25, 0.3) is 0 Å². The van der Waals surface area contributed by atoms with E-state index in [0.717, 1.165) is 0 Å². The maximum Gasteiger partial charge on any atom is 0.267 e. The molecule has 0 aromatic heterocycles. The molecule has 0 saturated carbocycles. The molecule has 0 radical (unpaired) electrons. The minimum absolute atomic E-state index is 0.00965. The Bertz CT molecular complexity index is 226. The molecule has 0 amide bonds. The summed E-state index contributed by atoms with van der Waals surface area (Å²) in [6.45, 7) is 8.29. The molecular weight excluding hydrogens is 164 g/mol.